The fraction of sp³-hybridized carbons (Fsp3) is 0.533. The molecule has 1 saturated heterocycles. The van der Waals surface area contributed by atoms with Gasteiger partial charge in [0.25, 0.3) is 0 Å². The monoisotopic (exact) mass is 342 g/mol. The van der Waals surface area contributed by atoms with Crippen molar-refractivity contribution < 1.29 is 22.5 Å². The molecule has 0 N–H and O–H groups in total. The van der Waals surface area contributed by atoms with E-state index in [0.717, 1.165) is 23.6 Å². The molecule has 2 aromatic rings. The summed E-state index contributed by atoms with van der Waals surface area (Å²) in [6.07, 6.45) is -2.95. The molecule has 2 aromatic heterocycles. The van der Waals surface area contributed by atoms with Crippen LogP contribution in [0.1, 0.15) is 41.7 Å². The second-order valence-corrected chi connectivity index (χ2v) is 5.93. The Hall–Kier alpha value is -2.32. The summed E-state index contributed by atoms with van der Waals surface area (Å²) in [5.74, 6) is 0.375. The quantitative estimate of drug-likeness (QED) is 0.860. The van der Waals surface area contributed by atoms with Crippen LogP contribution in [0.4, 0.5) is 13.2 Å². The van der Waals surface area contributed by atoms with Crippen molar-refractivity contribution in [3.8, 4) is 0 Å². The predicted molar refractivity (Wildman–Crippen MR) is 76.9 cm³/mol. The number of carbonyl (C=O) groups excluding carboxylic acids is 1. The SMILES string of the molecule is Cc1cc(C2CCCN2C(=O)Cn2nc(C(F)(F)F)cc2C)no1. The zero-order valence-corrected chi connectivity index (χ0v) is 13.3. The van der Waals surface area contributed by atoms with Crippen molar-refractivity contribution in [3.63, 3.8) is 0 Å². The van der Waals surface area contributed by atoms with E-state index in [0.29, 0.717) is 23.7 Å². The molecule has 3 rings (SSSR count). The summed E-state index contributed by atoms with van der Waals surface area (Å²) in [6, 6.07) is 2.51. The van der Waals surface area contributed by atoms with Crippen molar-refractivity contribution in [3.05, 3.63) is 35.0 Å². The number of carbonyl (C=O) groups is 1. The van der Waals surface area contributed by atoms with Gasteiger partial charge < -0.3 is 9.42 Å². The highest BCUT2D eigenvalue weighted by Crippen LogP contribution is 2.32. The third kappa shape index (κ3) is 3.15. The van der Waals surface area contributed by atoms with Gasteiger partial charge in [-0.15, -0.1) is 0 Å². The first-order chi connectivity index (χ1) is 11.3. The van der Waals surface area contributed by atoms with Gasteiger partial charge in [-0.2, -0.15) is 18.3 Å². The second kappa shape index (κ2) is 5.95. The summed E-state index contributed by atoms with van der Waals surface area (Å²) in [7, 11) is 0. The minimum absolute atomic E-state index is 0.201. The third-order valence-corrected chi connectivity index (χ3v) is 4.12. The van der Waals surface area contributed by atoms with Crippen molar-refractivity contribution in [2.45, 2.75) is 45.5 Å². The molecule has 0 spiro atoms. The molecule has 3 heterocycles. The molecule has 24 heavy (non-hydrogen) atoms. The molecule has 0 saturated carbocycles. The Balaban J connectivity index is 1.76. The Labute approximate surface area is 136 Å². The van der Waals surface area contributed by atoms with Crippen LogP contribution in [0.25, 0.3) is 0 Å². The number of nitrogens with zero attached hydrogens (tertiary/aromatic N) is 4. The van der Waals surface area contributed by atoms with Gasteiger partial charge in [-0.1, -0.05) is 5.16 Å². The van der Waals surface area contributed by atoms with Gasteiger partial charge in [0.1, 0.15) is 18.0 Å². The second-order valence-electron chi connectivity index (χ2n) is 5.93. The molecule has 130 valence electrons. The van der Waals surface area contributed by atoms with Gasteiger partial charge in [0.15, 0.2) is 5.69 Å². The highest BCUT2D eigenvalue weighted by molar-refractivity contribution is 5.76. The van der Waals surface area contributed by atoms with Crippen LogP contribution < -0.4 is 0 Å². The summed E-state index contributed by atoms with van der Waals surface area (Å²) in [6.45, 7) is 3.58. The summed E-state index contributed by atoms with van der Waals surface area (Å²) in [5.41, 5.74) is -0.0203. The van der Waals surface area contributed by atoms with Crippen LogP contribution in [0.5, 0.6) is 0 Å². The lowest BCUT2D eigenvalue weighted by atomic mass is 10.1. The number of amides is 1. The Kier molecular flexibility index (Phi) is 4.10. The smallest absolute Gasteiger partial charge is 0.361 e. The fourth-order valence-corrected chi connectivity index (χ4v) is 2.94. The largest absolute Gasteiger partial charge is 0.435 e. The maximum absolute atomic E-state index is 12.7. The highest BCUT2D eigenvalue weighted by Gasteiger charge is 2.36. The number of hydrogen-bond acceptors (Lipinski definition) is 4. The average Bonchev–Trinajstić information content (AvgIpc) is 3.18. The number of halogens is 3. The van der Waals surface area contributed by atoms with Crippen molar-refractivity contribution in [2.24, 2.45) is 0 Å². The molecule has 0 bridgehead atoms. The maximum Gasteiger partial charge on any atom is 0.435 e. The number of aromatic nitrogens is 3. The maximum atomic E-state index is 12.7. The van der Waals surface area contributed by atoms with Crippen LogP contribution in [-0.2, 0) is 17.5 Å². The van der Waals surface area contributed by atoms with E-state index in [2.05, 4.69) is 10.3 Å². The van der Waals surface area contributed by atoms with Gasteiger partial charge in [-0.05, 0) is 32.8 Å². The first-order valence-corrected chi connectivity index (χ1v) is 7.60. The molecule has 6 nitrogen and oxygen atoms in total. The van der Waals surface area contributed by atoms with E-state index in [4.69, 9.17) is 4.52 Å². The van der Waals surface area contributed by atoms with Crippen molar-refractivity contribution >= 4 is 5.91 Å². The normalized spacial score (nSPS) is 18.4. The topological polar surface area (TPSA) is 64.2 Å². The number of likely N-dealkylation sites (tertiary alicyclic amines) is 1. The first kappa shape index (κ1) is 16.5. The first-order valence-electron chi connectivity index (χ1n) is 7.60. The molecule has 1 aliphatic heterocycles. The molecule has 1 amide bonds. The zero-order chi connectivity index (χ0) is 17.5. The van der Waals surface area contributed by atoms with E-state index in [-0.39, 0.29) is 18.5 Å². The lowest BCUT2D eigenvalue weighted by Crippen LogP contribution is -2.34. The van der Waals surface area contributed by atoms with Crippen LogP contribution >= 0.6 is 0 Å². The van der Waals surface area contributed by atoms with E-state index in [1.54, 1.807) is 17.9 Å². The molecule has 1 fully saturated rings. The van der Waals surface area contributed by atoms with Crippen LogP contribution in [-0.4, -0.2) is 32.3 Å². The minimum atomic E-state index is -4.52. The third-order valence-electron chi connectivity index (χ3n) is 4.12. The van der Waals surface area contributed by atoms with Crippen molar-refractivity contribution in [1.29, 1.82) is 0 Å². The van der Waals surface area contributed by atoms with Crippen LogP contribution in [0.2, 0.25) is 0 Å². The lowest BCUT2D eigenvalue weighted by molar-refractivity contribution is -0.142. The minimum Gasteiger partial charge on any atom is -0.361 e. The van der Waals surface area contributed by atoms with E-state index in [1.807, 2.05) is 0 Å². The standard InChI is InChI=1S/C15H17F3N4O2/c1-9-6-13(15(16,17)18)19-22(9)8-14(23)21-5-3-4-12(21)11-7-10(2)24-20-11/h6-7,12H,3-5,8H2,1-2H3. The number of hydrogen-bond donors (Lipinski definition) is 0. The van der Waals surface area contributed by atoms with Gasteiger partial charge in [0, 0.05) is 18.3 Å². The number of rotatable bonds is 3. The summed E-state index contributed by atoms with van der Waals surface area (Å²) < 4.78 is 44.3. The summed E-state index contributed by atoms with van der Waals surface area (Å²) >= 11 is 0. The molecular weight excluding hydrogens is 325 g/mol. The van der Waals surface area contributed by atoms with Crippen LogP contribution in [0.15, 0.2) is 16.7 Å². The van der Waals surface area contributed by atoms with E-state index < -0.39 is 11.9 Å². The fourth-order valence-electron chi connectivity index (χ4n) is 2.94. The van der Waals surface area contributed by atoms with Crippen molar-refractivity contribution in [1.82, 2.24) is 19.8 Å². The van der Waals surface area contributed by atoms with Gasteiger partial charge in [-0.25, -0.2) is 0 Å². The number of aryl methyl sites for hydroxylation is 2. The molecule has 0 aliphatic carbocycles. The zero-order valence-electron chi connectivity index (χ0n) is 13.3. The predicted octanol–water partition coefficient (Wildman–Crippen LogP) is 2.87. The van der Waals surface area contributed by atoms with E-state index in [9.17, 15) is 18.0 Å². The Morgan fingerprint density at radius 1 is 1.38 bits per heavy atom. The van der Waals surface area contributed by atoms with E-state index in [1.165, 1.54) is 6.92 Å². The summed E-state index contributed by atoms with van der Waals surface area (Å²) in [4.78, 5) is 14.2. The molecule has 0 aromatic carbocycles. The van der Waals surface area contributed by atoms with Crippen LogP contribution in [0, 0.1) is 13.8 Å². The summed E-state index contributed by atoms with van der Waals surface area (Å²) in [5, 5.41) is 7.46. The molecule has 9 heteroatoms. The molecule has 1 aliphatic rings. The van der Waals surface area contributed by atoms with Crippen molar-refractivity contribution in [2.75, 3.05) is 6.54 Å². The number of alkyl halides is 3. The molecule has 1 atom stereocenters. The highest BCUT2D eigenvalue weighted by atomic mass is 19.4. The Morgan fingerprint density at radius 2 is 2.12 bits per heavy atom. The van der Waals surface area contributed by atoms with Gasteiger partial charge >= 0.3 is 6.18 Å². The van der Waals surface area contributed by atoms with Gasteiger partial charge in [0.05, 0.1) is 6.04 Å². The Bertz CT molecular complexity index is 750. The molecule has 0 radical (unpaired) electrons. The van der Waals surface area contributed by atoms with Gasteiger partial charge in [-0.3, -0.25) is 9.48 Å². The molecule has 1 unspecified atom stereocenters. The Morgan fingerprint density at radius 3 is 2.71 bits per heavy atom. The molecular formula is C15H17F3N4O2. The van der Waals surface area contributed by atoms with Crippen LogP contribution in [0.3, 0.4) is 0 Å². The lowest BCUT2D eigenvalue weighted by Gasteiger charge is -2.23. The van der Waals surface area contributed by atoms with E-state index >= 15 is 0 Å². The average molecular weight is 342 g/mol. The van der Waals surface area contributed by atoms with Gasteiger partial charge in [0.2, 0.25) is 5.91 Å².